The van der Waals surface area contributed by atoms with Crippen molar-refractivity contribution in [1.82, 2.24) is 4.90 Å². The van der Waals surface area contributed by atoms with E-state index in [1.807, 2.05) is 0 Å². The predicted octanol–water partition coefficient (Wildman–Crippen LogP) is 2.42. The third kappa shape index (κ3) is 1.19. The maximum absolute atomic E-state index is 2.53. The van der Waals surface area contributed by atoms with Crippen LogP contribution in [0.4, 0.5) is 0 Å². The van der Waals surface area contributed by atoms with Gasteiger partial charge in [0, 0.05) is 6.04 Å². The Hall–Kier alpha value is -0.820. The zero-order valence-electron chi connectivity index (χ0n) is 8.74. The Morgan fingerprint density at radius 3 is 3.07 bits per heavy atom. The number of rotatable bonds is 0. The van der Waals surface area contributed by atoms with Crippen LogP contribution in [0.15, 0.2) is 24.3 Å². The van der Waals surface area contributed by atoms with Gasteiger partial charge in [0.05, 0.1) is 0 Å². The van der Waals surface area contributed by atoms with Gasteiger partial charge >= 0.3 is 0 Å². The van der Waals surface area contributed by atoms with Gasteiger partial charge in [-0.05, 0) is 49.9 Å². The molecule has 0 unspecified atom stereocenters. The van der Waals surface area contributed by atoms with Crippen LogP contribution >= 0.6 is 0 Å². The first-order valence-corrected chi connectivity index (χ1v) is 5.62. The summed E-state index contributed by atoms with van der Waals surface area (Å²) in [6, 6.07) is 9.83. The fourth-order valence-corrected chi connectivity index (χ4v) is 3.06. The lowest BCUT2D eigenvalue weighted by Gasteiger charge is -2.42. The molecule has 1 aliphatic carbocycles. The predicted molar refractivity (Wildman–Crippen MR) is 58.5 cm³/mol. The normalized spacial score (nSPS) is 31.2. The number of piperidine rings is 1. The van der Waals surface area contributed by atoms with Crippen molar-refractivity contribution in [1.29, 1.82) is 0 Å². The molecule has 1 aliphatic heterocycles. The molecule has 0 spiro atoms. The summed E-state index contributed by atoms with van der Waals surface area (Å²) < 4.78 is 0. The number of fused-ring (bicyclic) bond motifs is 4. The van der Waals surface area contributed by atoms with Crippen LogP contribution in [0.2, 0.25) is 0 Å². The first-order chi connectivity index (χ1) is 6.84. The van der Waals surface area contributed by atoms with Gasteiger partial charge in [-0.1, -0.05) is 24.3 Å². The minimum Gasteiger partial charge on any atom is -0.303 e. The largest absolute Gasteiger partial charge is 0.303 e. The van der Waals surface area contributed by atoms with Gasteiger partial charge in [0.15, 0.2) is 0 Å². The van der Waals surface area contributed by atoms with Crippen LogP contribution in [0.3, 0.4) is 0 Å². The minimum atomic E-state index is 0.809. The fraction of sp³-hybridized carbons (Fsp3) is 0.538. The Morgan fingerprint density at radius 2 is 2.14 bits per heavy atom. The van der Waals surface area contributed by atoms with Crippen LogP contribution in [0.5, 0.6) is 0 Å². The van der Waals surface area contributed by atoms with Crippen LogP contribution < -0.4 is 0 Å². The monoisotopic (exact) mass is 187 g/mol. The number of likely N-dealkylation sites (tertiary alicyclic amines) is 1. The molecule has 1 fully saturated rings. The number of hydrogen-bond donors (Lipinski definition) is 0. The van der Waals surface area contributed by atoms with E-state index in [4.69, 9.17) is 0 Å². The molecule has 0 radical (unpaired) electrons. The summed E-state index contributed by atoms with van der Waals surface area (Å²) in [7, 11) is 2.27. The van der Waals surface area contributed by atoms with Crippen molar-refractivity contribution in [2.45, 2.75) is 31.2 Å². The summed E-state index contributed by atoms with van der Waals surface area (Å²) >= 11 is 0. The molecule has 2 aliphatic rings. The number of benzene rings is 1. The molecule has 0 saturated carbocycles. The zero-order valence-corrected chi connectivity index (χ0v) is 8.74. The van der Waals surface area contributed by atoms with Gasteiger partial charge in [-0.25, -0.2) is 0 Å². The molecular formula is C13H17N. The molecule has 2 atom stereocenters. The second kappa shape index (κ2) is 3.09. The molecule has 1 aromatic rings. The Balaban J connectivity index is 2.02. The SMILES string of the molecule is CN1CC[C@H]2C[C@@H]1Cc1ccccc12. The smallest absolute Gasteiger partial charge is 0.0138 e. The standard InChI is InChI=1S/C13H17N/c1-14-7-6-11-9-12(14)8-10-4-2-3-5-13(10)11/h2-5,11-12H,6-9H2,1H3/t11-,12-/m0/s1. The zero-order chi connectivity index (χ0) is 9.54. The summed E-state index contributed by atoms with van der Waals surface area (Å²) in [5, 5.41) is 0. The van der Waals surface area contributed by atoms with E-state index in [9.17, 15) is 0 Å². The number of nitrogens with zero attached hydrogens (tertiary/aromatic N) is 1. The molecule has 0 N–H and O–H groups in total. The van der Waals surface area contributed by atoms with Crippen molar-refractivity contribution in [2.75, 3.05) is 13.6 Å². The van der Waals surface area contributed by atoms with Gasteiger partial charge in [-0.3, -0.25) is 0 Å². The van der Waals surface area contributed by atoms with Crippen molar-refractivity contribution >= 4 is 0 Å². The molecule has 2 bridgehead atoms. The highest BCUT2D eigenvalue weighted by Crippen LogP contribution is 2.38. The lowest BCUT2D eigenvalue weighted by atomic mass is 9.75. The Morgan fingerprint density at radius 1 is 1.29 bits per heavy atom. The Bertz CT molecular complexity index is 345. The van der Waals surface area contributed by atoms with Gasteiger partial charge in [-0.15, -0.1) is 0 Å². The van der Waals surface area contributed by atoms with E-state index < -0.39 is 0 Å². The van der Waals surface area contributed by atoms with Crippen molar-refractivity contribution in [3.05, 3.63) is 35.4 Å². The van der Waals surface area contributed by atoms with Crippen LogP contribution in [-0.2, 0) is 6.42 Å². The van der Waals surface area contributed by atoms with Crippen molar-refractivity contribution in [3.8, 4) is 0 Å². The van der Waals surface area contributed by atoms with Crippen LogP contribution in [0.1, 0.15) is 29.9 Å². The third-order valence-corrected chi connectivity index (χ3v) is 3.96. The van der Waals surface area contributed by atoms with E-state index in [1.165, 1.54) is 25.8 Å². The topological polar surface area (TPSA) is 3.24 Å². The van der Waals surface area contributed by atoms with E-state index >= 15 is 0 Å². The van der Waals surface area contributed by atoms with Gasteiger partial charge in [0.25, 0.3) is 0 Å². The van der Waals surface area contributed by atoms with E-state index in [0.29, 0.717) is 0 Å². The van der Waals surface area contributed by atoms with Crippen molar-refractivity contribution in [2.24, 2.45) is 0 Å². The van der Waals surface area contributed by atoms with Crippen molar-refractivity contribution < 1.29 is 0 Å². The summed E-state index contributed by atoms with van der Waals surface area (Å²) in [6.07, 6.45) is 4.00. The molecule has 0 aromatic heterocycles. The van der Waals surface area contributed by atoms with Crippen LogP contribution in [-0.4, -0.2) is 24.5 Å². The first-order valence-electron chi connectivity index (χ1n) is 5.62. The molecule has 1 saturated heterocycles. The van der Waals surface area contributed by atoms with Crippen LogP contribution in [0, 0.1) is 0 Å². The molecule has 1 nitrogen and oxygen atoms in total. The Labute approximate surface area is 85.7 Å². The third-order valence-electron chi connectivity index (χ3n) is 3.96. The minimum absolute atomic E-state index is 0.809. The molecule has 1 aromatic carbocycles. The van der Waals surface area contributed by atoms with E-state index in [-0.39, 0.29) is 0 Å². The van der Waals surface area contributed by atoms with Crippen LogP contribution in [0.25, 0.3) is 0 Å². The highest BCUT2D eigenvalue weighted by atomic mass is 15.1. The number of hydrogen-bond acceptors (Lipinski definition) is 1. The quantitative estimate of drug-likeness (QED) is 0.603. The molecular weight excluding hydrogens is 170 g/mol. The second-order valence-corrected chi connectivity index (χ2v) is 4.76. The lowest BCUT2D eigenvalue weighted by Crippen LogP contribution is -2.43. The van der Waals surface area contributed by atoms with Gasteiger partial charge in [-0.2, -0.15) is 0 Å². The fourth-order valence-electron chi connectivity index (χ4n) is 3.06. The Kier molecular flexibility index (Phi) is 1.88. The molecule has 14 heavy (non-hydrogen) atoms. The molecule has 74 valence electrons. The highest BCUT2D eigenvalue weighted by molar-refractivity contribution is 5.34. The van der Waals surface area contributed by atoms with E-state index in [2.05, 4.69) is 36.2 Å². The maximum atomic E-state index is 2.53. The van der Waals surface area contributed by atoms with E-state index in [0.717, 1.165) is 12.0 Å². The first kappa shape index (κ1) is 8.49. The summed E-state index contributed by atoms with van der Waals surface area (Å²) in [4.78, 5) is 2.53. The number of likely N-dealkylation sites (N-methyl/N-ethyl adjacent to an activating group) is 1. The van der Waals surface area contributed by atoms with E-state index in [1.54, 1.807) is 11.1 Å². The molecule has 1 heteroatoms. The summed E-state index contributed by atoms with van der Waals surface area (Å²) in [5.41, 5.74) is 3.23. The lowest BCUT2D eigenvalue weighted by molar-refractivity contribution is 0.157. The van der Waals surface area contributed by atoms with Gasteiger partial charge in [0.2, 0.25) is 0 Å². The molecule has 1 heterocycles. The average molecular weight is 187 g/mol. The summed E-state index contributed by atoms with van der Waals surface area (Å²) in [6.45, 7) is 1.28. The molecule has 0 amide bonds. The second-order valence-electron chi connectivity index (χ2n) is 4.76. The summed E-state index contributed by atoms with van der Waals surface area (Å²) in [5.74, 6) is 0.848. The van der Waals surface area contributed by atoms with Gasteiger partial charge < -0.3 is 4.90 Å². The van der Waals surface area contributed by atoms with Gasteiger partial charge in [0.1, 0.15) is 0 Å². The van der Waals surface area contributed by atoms with Crippen molar-refractivity contribution in [3.63, 3.8) is 0 Å². The average Bonchev–Trinajstić information content (AvgIpc) is 2.24. The maximum Gasteiger partial charge on any atom is 0.0138 e. The highest BCUT2D eigenvalue weighted by Gasteiger charge is 2.32. The molecule has 3 rings (SSSR count).